The van der Waals surface area contributed by atoms with E-state index in [0.29, 0.717) is 17.4 Å². The summed E-state index contributed by atoms with van der Waals surface area (Å²) in [5, 5.41) is 8.75. The number of Topliss-reactive ketones (excluding diaryl/α,β-unsaturated/α-hetero) is 1. The third kappa shape index (κ3) is 3.49. The Morgan fingerprint density at radius 1 is 1.47 bits per heavy atom. The van der Waals surface area contributed by atoms with Gasteiger partial charge in [0.2, 0.25) is 0 Å². The van der Waals surface area contributed by atoms with Crippen molar-refractivity contribution in [1.29, 1.82) is 0 Å². The van der Waals surface area contributed by atoms with Gasteiger partial charge in [0.25, 0.3) is 0 Å². The molecule has 17 heavy (non-hydrogen) atoms. The first-order chi connectivity index (χ1) is 7.95. The molecule has 90 valence electrons. The van der Waals surface area contributed by atoms with Gasteiger partial charge in [0.1, 0.15) is 6.29 Å². The molecule has 1 N–H and O–H groups in total. The summed E-state index contributed by atoms with van der Waals surface area (Å²) in [6.07, 6.45) is 0.389. The normalized spacial score (nSPS) is 11.9. The van der Waals surface area contributed by atoms with E-state index in [-0.39, 0.29) is 17.8 Å². The van der Waals surface area contributed by atoms with Crippen molar-refractivity contribution in [1.82, 2.24) is 0 Å². The van der Waals surface area contributed by atoms with Crippen LogP contribution in [-0.2, 0) is 11.2 Å². The molecule has 0 radical (unpaired) electrons. The average molecular weight is 299 g/mol. The zero-order valence-corrected chi connectivity index (χ0v) is 10.7. The third-order valence-electron chi connectivity index (χ3n) is 2.24. The maximum atomic E-state index is 11.9. The quantitative estimate of drug-likeness (QED) is 0.513. The third-order valence-corrected chi connectivity index (χ3v) is 2.65. The summed E-state index contributed by atoms with van der Waals surface area (Å²) in [5.74, 6) is -1.25. The van der Waals surface area contributed by atoms with E-state index in [2.05, 4.69) is 15.9 Å². The molecule has 4 nitrogen and oxygen atoms in total. The number of aliphatic carboxylic acids is 1. The lowest BCUT2D eigenvalue weighted by molar-refractivity contribution is -0.136. The molecule has 1 atom stereocenters. The van der Waals surface area contributed by atoms with Crippen LogP contribution in [0.5, 0.6) is 0 Å². The van der Waals surface area contributed by atoms with Crippen molar-refractivity contribution >= 4 is 34.0 Å². The first kappa shape index (κ1) is 13.6. The van der Waals surface area contributed by atoms with Gasteiger partial charge in [-0.15, -0.1) is 0 Å². The Balaban J connectivity index is 3.24. The van der Waals surface area contributed by atoms with Crippen molar-refractivity contribution in [2.24, 2.45) is 0 Å². The number of alkyl halides is 1. The highest BCUT2D eigenvalue weighted by Gasteiger charge is 2.18. The molecule has 0 spiro atoms. The number of carbonyl (C=O) groups is 3. The summed E-state index contributed by atoms with van der Waals surface area (Å²) in [5.41, 5.74) is 1.05. The Kier molecular flexibility index (Phi) is 4.57. The molecule has 0 saturated carbocycles. The van der Waals surface area contributed by atoms with Crippen molar-refractivity contribution in [2.75, 3.05) is 0 Å². The fourth-order valence-electron chi connectivity index (χ4n) is 1.43. The summed E-state index contributed by atoms with van der Waals surface area (Å²) in [4.78, 5) is 32.8. The Morgan fingerprint density at radius 2 is 2.12 bits per heavy atom. The van der Waals surface area contributed by atoms with Crippen LogP contribution in [-0.4, -0.2) is 28.0 Å². The monoisotopic (exact) mass is 298 g/mol. The van der Waals surface area contributed by atoms with Gasteiger partial charge in [0, 0.05) is 11.1 Å². The van der Waals surface area contributed by atoms with E-state index in [1.54, 1.807) is 6.92 Å². The maximum Gasteiger partial charge on any atom is 0.307 e. The Morgan fingerprint density at radius 3 is 2.59 bits per heavy atom. The zero-order chi connectivity index (χ0) is 13.0. The minimum atomic E-state index is -1.01. The van der Waals surface area contributed by atoms with Crippen molar-refractivity contribution in [2.45, 2.75) is 18.2 Å². The van der Waals surface area contributed by atoms with Crippen LogP contribution < -0.4 is 0 Å². The van der Waals surface area contributed by atoms with Gasteiger partial charge in [0.15, 0.2) is 5.78 Å². The molecule has 0 aromatic heterocycles. The number of halogens is 1. The first-order valence-corrected chi connectivity index (χ1v) is 5.85. The molecule has 0 fully saturated rings. The molecule has 0 aliphatic carbocycles. The highest BCUT2D eigenvalue weighted by atomic mass is 79.9. The fourth-order valence-corrected chi connectivity index (χ4v) is 1.67. The molecule has 0 saturated heterocycles. The molecule has 0 bridgehead atoms. The summed E-state index contributed by atoms with van der Waals surface area (Å²) in [6, 6.07) is 4.42. The second kappa shape index (κ2) is 5.72. The molecule has 0 aliphatic heterocycles. The van der Waals surface area contributed by atoms with Crippen LogP contribution in [0.1, 0.15) is 33.2 Å². The van der Waals surface area contributed by atoms with Gasteiger partial charge in [-0.25, -0.2) is 0 Å². The largest absolute Gasteiger partial charge is 0.481 e. The minimum absolute atomic E-state index is 0.232. The number of hydrogen-bond acceptors (Lipinski definition) is 3. The van der Waals surface area contributed by atoms with Crippen LogP contribution >= 0.6 is 15.9 Å². The summed E-state index contributed by atoms with van der Waals surface area (Å²) >= 11 is 3.14. The van der Waals surface area contributed by atoms with Crippen molar-refractivity contribution in [3.63, 3.8) is 0 Å². The average Bonchev–Trinajstić information content (AvgIpc) is 2.27. The fraction of sp³-hybridized carbons (Fsp3) is 0.250. The van der Waals surface area contributed by atoms with Crippen molar-refractivity contribution in [3.05, 3.63) is 34.9 Å². The number of benzene rings is 1. The van der Waals surface area contributed by atoms with E-state index in [4.69, 9.17) is 5.11 Å². The summed E-state index contributed by atoms with van der Waals surface area (Å²) < 4.78 is 0. The summed E-state index contributed by atoms with van der Waals surface area (Å²) in [7, 11) is 0. The highest BCUT2D eigenvalue weighted by molar-refractivity contribution is 9.10. The zero-order valence-electron chi connectivity index (χ0n) is 9.14. The van der Waals surface area contributed by atoms with Crippen molar-refractivity contribution < 1.29 is 19.5 Å². The van der Waals surface area contributed by atoms with Gasteiger partial charge in [-0.2, -0.15) is 0 Å². The summed E-state index contributed by atoms with van der Waals surface area (Å²) in [6.45, 7) is 1.65. The van der Waals surface area contributed by atoms with Gasteiger partial charge >= 0.3 is 5.97 Å². The Bertz CT molecular complexity index is 466. The van der Waals surface area contributed by atoms with E-state index in [0.717, 1.165) is 0 Å². The molecule has 0 aliphatic rings. The van der Waals surface area contributed by atoms with E-state index < -0.39 is 10.8 Å². The van der Waals surface area contributed by atoms with Gasteiger partial charge in [0.05, 0.1) is 11.2 Å². The molecule has 0 amide bonds. The molecule has 1 aromatic rings. The Labute approximate surface area is 107 Å². The lowest BCUT2D eigenvalue weighted by Gasteiger charge is -2.09. The second-order valence-electron chi connectivity index (χ2n) is 3.59. The number of ketones is 1. The minimum Gasteiger partial charge on any atom is -0.481 e. The van der Waals surface area contributed by atoms with E-state index >= 15 is 0 Å². The van der Waals surface area contributed by atoms with E-state index in [9.17, 15) is 14.4 Å². The predicted octanol–water partition coefficient (Wildman–Crippen LogP) is 2.09. The van der Waals surface area contributed by atoms with E-state index in [1.807, 2.05) is 0 Å². The van der Waals surface area contributed by atoms with Crippen LogP contribution in [0.2, 0.25) is 0 Å². The van der Waals surface area contributed by atoms with Crippen LogP contribution in [0.25, 0.3) is 0 Å². The van der Waals surface area contributed by atoms with Crippen molar-refractivity contribution in [3.8, 4) is 0 Å². The topological polar surface area (TPSA) is 71.4 Å². The van der Waals surface area contributed by atoms with Gasteiger partial charge < -0.3 is 5.11 Å². The number of rotatable bonds is 5. The number of carboxylic acids is 1. The van der Waals surface area contributed by atoms with Crippen LogP contribution in [0, 0.1) is 0 Å². The lowest BCUT2D eigenvalue weighted by Crippen LogP contribution is -2.15. The molecule has 0 heterocycles. The van der Waals surface area contributed by atoms with Gasteiger partial charge in [-0.05, 0) is 18.6 Å². The number of hydrogen-bond donors (Lipinski definition) is 1. The van der Waals surface area contributed by atoms with Gasteiger partial charge in [-0.1, -0.05) is 28.1 Å². The van der Waals surface area contributed by atoms with Crippen LogP contribution in [0.15, 0.2) is 18.2 Å². The SMILES string of the molecule is CC(Br)C(=O)c1cc(C=O)ccc1CC(=O)O. The molecular weight excluding hydrogens is 288 g/mol. The number of carboxylic acid groups (broad SMARTS) is 1. The van der Waals surface area contributed by atoms with E-state index in [1.165, 1.54) is 18.2 Å². The van der Waals surface area contributed by atoms with Crippen LogP contribution in [0.3, 0.4) is 0 Å². The van der Waals surface area contributed by atoms with Crippen LogP contribution in [0.4, 0.5) is 0 Å². The molecule has 1 unspecified atom stereocenters. The molecular formula is C12H11BrO4. The molecule has 1 rings (SSSR count). The number of aldehydes is 1. The second-order valence-corrected chi connectivity index (χ2v) is 4.96. The predicted molar refractivity (Wildman–Crippen MR) is 65.9 cm³/mol. The molecule has 1 aromatic carbocycles. The molecule has 5 heteroatoms. The highest BCUT2D eigenvalue weighted by Crippen LogP contribution is 2.17. The number of carbonyl (C=O) groups excluding carboxylic acids is 2. The maximum absolute atomic E-state index is 11.9. The lowest BCUT2D eigenvalue weighted by atomic mass is 9.97. The first-order valence-electron chi connectivity index (χ1n) is 4.94. The Hall–Kier alpha value is -1.49. The smallest absolute Gasteiger partial charge is 0.307 e. The standard InChI is InChI=1S/C12H11BrO4/c1-7(13)12(17)10-4-8(6-14)2-3-9(10)5-11(15)16/h2-4,6-7H,5H2,1H3,(H,15,16). The van der Waals surface area contributed by atoms with Gasteiger partial charge in [-0.3, -0.25) is 14.4 Å².